The molecule has 0 atom stereocenters. The van der Waals surface area contributed by atoms with Gasteiger partial charge in [0, 0.05) is 19.2 Å². The van der Waals surface area contributed by atoms with E-state index in [0.717, 1.165) is 16.8 Å². The predicted molar refractivity (Wildman–Crippen MR) is 102 cm³/mol. The van der Waals surface area contributed by atoms with E-state index in [1.165, 1.54) is 0 Å². The van der Waals surface area contributed by atoms with Crippen LogP contribution in [-0.4, -0.2) is 9.55 Å². The molecule has 0 saturated heterocycles. The summed E-state index contributed by atoms with van der Waals surface area (Å²) in [5, 5.41) is 5.38. The molecule has 0 aliphatic heterocycles. The number of anilines is 1. The molecule has 3 aromatic rings. The minimum Gasteiger partial charge on any atom is -0.352 e. The number of nitrogens with one attached hydrogen (secondary N) is 1. The van der Waals surface area contributed by atoms with Gasteiger partial charge < -0.3 is 9.88 Å². The quantitative estimate of drug-likeness (QED) is 0.555. The second kappa shape index (κ2) is 7.24. The van der Waals surface area contributed by atoms with E-state index in [1.807, 2.05) is 35.9 Å². The average molecular weight is 401 g/mol. The van der Waals surface area contributed by atoms with Crippen LogP contribution in [0.2, 0.25) is 20.1 Å². The molecule has 1 N–H and O–H groups in total. The van der Waals surface area contributed by atoms with Gasteiger partial charge in [0.2, 0.25) is 5.95 Å². The SMILES string of the molecule is Cn1c(-c2ccc(Cl)c(Cl)c2)cnc1NCc1cccc(Cl)c1Cl. The summed E-state index contributed by atoms with van der Waals surface area (Å²) in [5.41, 5.74) is 2.77. The molecule has 0 saturated carbocycles. The number of imidazole rings is 1. The summed E-state index contributed by atoms with van der Waals surface area (Å²) in [6.45, 7) is 0.519. The number of rotatable bonds is 4. The van der Waals surface area contributed by atoms with Crippen molar-refractivity contribution >= 4 is 52.4 Å². The van der Waals surface area contributed by atoms with Crippen LogP contribution in [0.5, 0.6) is 0 Å². The number of halogens is 4. The highest BCUT2D eigenvalue weighted by molar-refractivity contribution is 6.42. The molecule has 0 aliphatic rings. The van der Waals surface area contributed by atoms with Gasteiger partial charge in [0.15, 0.2) is 0 Å². The monoisotopic (exact) mass is 399 g/mol. The lowest BCUT2D eigenvalue weighted by Gasteiger charge is -2.10. The minimum absolute atomic E-state index is 0.510. The average Bonchev–Trinajstić information content (AvgIpc) is 2.92. The Morgan fingerprint density at radius 1 is 1.00 bits per heavy atom. The van der Waals surface area contributed by atoms with Gasteiger partial charge >= 0.3 is 0 Å². The second-order valence-corrected chi connectivity index (χ2v) is 6.82. The van der Waals surface area contributed by atoms with E-state index in [9.17, 15) is 0 Å². The minimum atomic E-state index is 0.510. The smallest absolute Gasteiger partial charge is 0.203 e. The van der Waals surface area contributed by atoms with Gasteiger partial charge in [-0.2, -0.15) is 0 Å². The van der Waals surface area contributed by atoms with E-state index < -0.39 is 0 Å². The fraction of sp³-hybridized carbons (Fsp3) is 0.118. The Labute approximate surface area is 160 Å². The molecule has 124 valence electrons. The summed E-state index contributed by atoms with van der Waals surface area (Å²) in [6.07, 6.45) is 1.78. The number of hydrogen-bond acceptors (Lipinski definition) is 2. The van der Waals surface area contributed by atoms with E-state index in [-0.39, 0.29) is 0 Å². The first kappa shape index (κ1) is 17.4. The summed E-state index contributed by atoms with van der Waals surface area (Å²) in [7, 11) is 1.92. The molecule has 1 heterocycles. The van der Waals surface area contributed by atoms with Crippen molar-refractivity contribution in [2.45, 2.75) is 6.54 Å². The molecule has 0 amide bonds. The van der Waals surface area contributed by atoms with Crippen LogP contribution in [0, 0.1) is 0 Å². The summed E-state index contributed by atoms with van der Waals surface area (Å²) >= 11 is 24.3. The van der Waals surface area contributed by atoms with Gasteiger partial charge in [-0.25, -0.2) is 4.98 Å². The van der Waals surface area contributed by atoms with Crippen molar-refractivity contribution in [2.75, 3.05) is 5.32 Å². The standard InChI is InChI=1S/C17H13Cl4N3/c1-24-15(10-5-6-12(18)14(20)7-10)9-23-17(24)22-8-11-3-2-4-13(19)16(11)21/h2-7,9H,8H2,1H3,(H,22,23). The van der Waals surface area contributed by atoms with Crippen LogP contribution in [0.15, 0.2) is 42.6 Å². The summed E-state index contributed by atoms with van der Waals surface area (Å²) in [6, 6.07) is 11.0. The Kier molecular flexibility index (Phi) is 5.26. The lowest BCUT2D eigenvalue weighted by molar-refractivity contribution is 0.907. The van der Waals surface area contributed by atoms with Crippen LogP contribution >= 0.6 is 46.4 Å². The topological polar surface area (TPSA) is 29.9 Å². The van der Waals surface area contributed by atoms with Crippen molar-refractivity contribution in [1.82, 2.24) is 9.55 Å². The molecule has 0 spiro atoms. The molecule has 2 aromatic carbocycles. The maximum absolute atomic E-state index is 6.21. The lowest BCUT2D eigenvalue weighted by atomic mass is 10.2. The van der Waals surface area contributed by atoms with Gasteiger partial charge in [-0.05, 0) is 23.8 Å². The van der Waals surface area contributed by atoms with Crippen LogP contribution in [0.25, 0.3) is 11.3 Å². The maximum atomic E-state index is 6.21. The molecular weight excluding hydrogens is 388 g/mol. The zero-order chi connectivity index (χ0) is 17.3. The Bertz CT molecular complexity index is 890. The molecule has 0 fully saturated rings. The van der Waals surface area contributed by atoms with E-state index in [4.69, 9.17) is 46.4 Å². The highest BCUT2D eigenvalue weighted by Gasteiger charge is 2.11. The Balaban J connectivity index is 1.82. The number of nitrogens with zero attached hydrogens (tertiary/aromatic N) is 2. The van der Waals surface area contributed by atoms with Crippen LogP contribution in [0.3, 0.4) is 0 Å². The molecule has 0 bridgehead atoms. The van der Waals surface area contributed by atoms with Gasteiger partial charge in [0.05, 0.1) is 32.0 Å². The normalized spacial score (nSPS) is 10.9. The van der Waals surface area contributed by atoms with Crippen molar-refractivity contribution in [3.63, 3.8) is 0 Å². The molecule has 0 aliphatic carbocycles. The van der Waals surface area contributed by atoms with Crippen LogP contribution in [-0.2, 0) is 13.6 Å². The molecule has 7 heteroatoms. The van der Waals surface area contributed by atoms with Crippen LogP contribution < -0.4 is 5.32 Å². The number of hydrogen-bond donors (Lipinski definition) is 1. The Morgan fingerprint density at radius 3 is 2.54 bits per heavy atom. The van der Waals surface area contributed by atoms with Gasteiger partial charge in [-0.3, -0.25) is 0 Å². The van der Waals surface area contributed by atoms with E-state index in [2.05, 4.69) is 10.3 Å². The van der Waals surface area contributed by atoms with E-state index in [1.54, 1.807) is 18.3 Å². The Morgan fingerprint density at radius 2 is 1.79 bits per heavy atom. The van der Waals surface area contributed by atoms with Gasteiger partial charge in [-0.1, -0.05) is 64.6 Å². The summed E-state index contributed by atoms with van der Waals surface area (Å²) in [4.78, 5) is 4.41. The van der Waals surface area contributed by atoms with E-state index >= 15 is 0 Å². The fourth-order valence-electron chi connectivity index (χ4n) is 2.36. The highest BCUT2D eigenvalue weighted by Crippen LogP contribution is 2.30. The van der Waals surface area contributed by atoms with Crippen molar-refractivity contribution in [2.24, 2.45) is 7.05 Å². The molecule has 1 aromatic heterocycles. The summed E-state index contributed by atoms with van der Waals surface area (Å²) in [5.74, 6) is 0.715. The van der Waals surface area contributed by atoms with Crippen LogP contribution in [0.1, 0.15) is 5.56 Å². The number of benzene rings is 2. The summed E-state index contributed by atoms with van der Waals surface area (Å²) < 4.78 is 1.94. The van der Waals surface area contributed by atoms with Crippen molar-refractivity contribution < 1.29 is 0 Å². The number of aromatic nitrogens is 2. The van der Waals surface area contributed by atoms with Gasteiger partial charge in [-0.15, -0.1) is 0 Å². The first-order chi connectivity index (χ1) is 11.5. The third-order valence-corrected chi connectivity index (χ3v) is 5.27. The van der Waals surface area contributed by atoms with Crippen molar-refractivity contribution in [1.29, 1.82) is 0 Å². The largest absolute Gasteiger partial charge is 0.352 e. The zero-order valence-electron chi connectivity index (χ0n) is 12.7. The molecule has 3 nitrogen and oxygen atoms in total. The first-order valence-corrected chi connectivity index (χ1v) is 8.62. The highest BCUT2D eigenvalue weighted by atomic mass is 35.5. The van der Waals surface area contributed by atoms with Crippen molar-refractivity contribution in [3.05, 3.63) is 68.2 Å². The lowest BCUT2D eigenvalue weighted by Crippen LogP contribution is -2.06. The predicted octanol–water partition coefficient (Wildman–Crippen LogP) is 6.31. The molecular formula is C17H13Cl4N3. The zero-order valence-corrected chi connectivity index (χ0v) is 15.7. The molecule has 0 radical (unpaired) electrons. The maximum Gasteiger partial charge on any atom is 0.203 e. The second-order valence-electron chi connectivity index (χ2n) is 5.22. The molecule has 0 unspecified atom stereocenters. The third kappa shape index (κ3) is 3.50. The fourth-order valence-corrected chi connectivity index (χ4v) is 3.04. The molecule has 3 rings (SSSR count). The Hall–Kier alpha value is -1.39. The first-order valence-electron chi connectivity index (χ1n) is 7.11. The molecule has 24 heavy (non-hydrogen) atoms. The van der Waals surface area contributed by atoms with Gasteiger partial charge in [0.25, 0.3) is 0 Å². The van der Waals surface area contributed by atoms with Gasteiger partial charge in [0.1, 0.15) is 0 Å². The third-order valence-electron chi connectivity index (χ3n) is 3.67. The van der Waals surface area contributed by atoms with Crippen molar-refractivity contribution in [3.8, 4) is 11.3 Å². The van der Waals surface area contributed by atoms with Crippen LogP contribution in [0.4, 0.5) is 5.95 Å². The van der Waals surface area contributed by atoms with E-state index in [0.29, 0.717) is 32.6 Å².